The summed E-state index contributed by atoms with van der Waals surface area (Å²) in [5.74, 6) is 0.627. The first-order valence-corrected chi connectivity index (χ1v) is 5.86. The molecule has 3 nitrogen and oxygen atoms in total. The third-order valence-corrected chi connectivity index (χ3v) is 2.79. The maximum atomic E-state index is 11.9. The van der Waals surface area contributed by atoms with Crippen molar-refractivity contribution >= 4 is 15.9 Å². The van der Waals surface area contributed by atoms with Crippen molar-refractivity contribution in [3.8, 4) is 5.75 Å². The minimum Gasteiger partial charge on any atom is -0.496 e. The number of rotatable bonds is 5. The van der Waals surface area contributed by atoms with Gasteiger partial charge in [-0.1, -0.05) is 6.07 Å². The number of hydrogen-bond acceptors (Lipinski definition) is 3. The second-order valence-electron chi connectivity index (χ2n) is 3.63. The summed E-state index contributed by atoms with van der Waals surface area (Å²) in [6.07, 6.45) is -4.33. The maximum Gasteiger partial charge on any atom is 0.411 e. The van der Waals surface area contributed by atoms with Crippen molar-refractivity contribution in [2.24, 2.45) is 5.73 Å². The first kappa shape index (κ1) is 15.3. The summed E-state index contributed by atoms with van der Waals surface area (Å²) in [5, 5.41) is 0. The lowest BCUT2D eigenvalue weighted by molar-refractivity contribution is -0.174. The second-order valence-corrected chi connectivity index (χ2v) is 4.49. The van der Waals surface area contributed by atoms with Gasteiger partial charge < -0.3 is 15.2 Å². The third-order valence-electron chi connectivity index (χ3n) is 2.17. The van der Waals surface area contributed by atoms with Crippen LogP contribution in [0.1, 0.15) is 11.6 Å². The Hall–Kier alpha value is -0.790. The van der Waals surface area contributed by atoms with E-state index < -0.39 is 18.8 Å². The molecule has 1 atom stereocenters. The van der Waals surface area contributed by atoms with Crippen LogP contribution >= 0.6 is 15.9 Å². The molecule has 0 aliphatic carbocycles. The molecule has 0 amide bonds. The fourth-order valence-electron chi connectivity index (χ4n) is 1.31. The topological polar surface area (TPSA) is 44.5 Å². The quantitative estimate of drug-likeness (QED) is 0.904. The molecule has 1 unspecified atom stereocenters. The van der Waals surface area contributed by atoms with Gasteiger partial charge in [0.05, 0.1) is 24.2 Å². The Labute approximate surface area is 111 Å². The smallest absolute Gasteiger partial charge is 0.411 e. The van der Waals surface area contributed by atoms with Gasteiger partial charge >= 0.3 is 6.18 Å². The highest BCUT2D eigenvalue weighted by molar-refractivity contribution is 9.10. The molecule has 1 aromatic carbocycles. The Balaban J connectivity index is 2.56. The minimum absolute atomic E-state index is 0.196. The number of hydrogen-bond donors (Lipinski definition) is 1. The average Bonchev–Trinajstić information content (AvgIpc) is 2.27. The normalized spacial score (nSPS) is 13.4. The van der Waals surface area contributed by atoms with Crippen molar-refractivity contribution in [1.82, 2.24) is 0 Å². The number of methoxy groups -OCH3 is 1. The summed E-state index contributed by atoms with van der Waals surface area (Å²) < 4.78 is 45.9. The number of nitrogens with two attached hydrogens (primary N) is 1. The number of halogens is 4. The number of ether oxygens (including phenoxy) is 2. The maximum absolute atomic E-state index is 11.9. The van der Waals surface area contributed by atoms with E-state index in [4.69, 9.17) is 10.5 Å². The van der Waals surface area contributed by atoms with Gasteiger partial charge in [0.25, 0.3) is 0 Å². The van der Waals surface area contributed by atoms with Crippen LogP contribution in [0.25, 0.3) is 0 Å². The van der Waals surface area contributed by atoms with E-state index in [1.165, 1.54) is 7.11 Å². The van der Waals surface area contributed by atoms with Crippen molar-refractivity contribution in [3.05, 3.63) is 28.2 Å². The molecular formula is C11H13BrF3NO2. The van der Waals surface area contributed by atoms with Gasteiger partial charge in [0.15, 0.2) is 0 Å². The van der Waals surface area contributed by atoms with Crippen LogP contribution in [0.2, 0.25) is 0 Å². The molecule has 0 fully saturated rings. The van der Waals surface area contributed by atoms with Gasteiger partial charge in [0.1, 0.15) is 12.4 Å². The summed E-state index contributed by atoms with van der Waals surface area (Å²) in [7, 11) is 1.52. The zero-order valence-corrected chi connectivity index (χ0v) is 11.2. The lowest BCUT2D eigenvalue weighted by Gasteiger charge is -2.15. The molecule has 102 valence electrons. The molecule has 1 rings (SSSR count). The van der Waals surface area contributed by atoms with Gasteiger partial charge in [0.2, 0.25) is 0 Å². The Kier molecular flexibility index (Phi) is 5.43. The Morgan fingerprint density at radius 3 is 2.56 bits per heavy atom. The van der Waals surface area contributed by atoms with Crippen molar-refractivity contribution in [1.29, 1.82) is 0 Å². The standard InChI is InChI=1S/C11H13BrF3NO2/c1-17-10-3-2-7(4-8(10)12)9(16)5-18-6-11(13,14)15/h2-4,9H,5-6,16H2,1H3. The van der Waals surface area contributed by atoms with Crippen LogP contribution in [0.4, 0.5) is 13.2 Å². The molecule has 2 N–H and O–H groups in total. The van der Waals surface area contributed by atoms with E-state index in [2.05, 4.69) is 20.7 Å². The molecule has 0 spiro atoms. The molecular weight excluding hydrogens is 315 g/mol. The van der Waals surface area contributed by atoms with Crippen LogP contribution in [-0.4, -0.2) is 26.5 Å². The fraction of sp³-hybridized carbons (Fsp3) is 0.455. The van der Waals surface area contributed by atoms with Crippen molar-refractivity contribution < 1.29 is 22.6 Å². The van der Waals surface area contributed by atoms with Crippen LogP contribution in [0, 0.1) is 0 Å². The Morgan fingerprint density at radius 1 is 1.39 bits per heavy atom. The molecule has 0 saturated heterocycles. The highest BCUT2D eigenvalue weighted by Crippen LogP contribution is 2.27. The summed E-state index contributed by atoms with van der Waals surface area (Å²) in [6, 6.07) is 4.45. The molecule has 7 heteroatoms. The third kappa shape index (κ3) is 4.83. The van der Waals surface area contributed by atoms with Gasteiger partial charge in [-0.3, -0.25) is 0 Å². The Morgan fingerprint density at radius 2 is 2.06 bits per heavy atom. The largest absolute Gasteiger partial charge is 0.496 e. The summed E-state index contributed by atoms with van der Waals surface area (Å²) >= 11 is 3.27. The van der Waals surface area contributed by atoms with E-state index >= 15 is 0 Å². The van der Waals surface area contributed by atoms with E-state index in [1.54, 1.807) is 18.2 Å². The Bertz CT molecular complexity index is 398. The SMILES string of the molecule is COc1ccc(C(N)COCC(F)(F)F)cc1Br. The number of benzene rings is 1. The molecule has 0 heterocycles. The number of alkyl halides is 3. The first-order valence-electron chi connectivity index (χ1n) is 5.07. The summed E-state index contributed by atoms with van der Waals surface area (Å²) in [5.41, 5.74) is 6.40. The van der Waals surface area contributed by atoms with Gasteiger partial charge in [0, 0.05) is 0 Å². The van der Waals surface area contributed by atoms with E-state index in [9.17, 15) is 13.2 Å². The monoisotopic (exact) mass is 327 g/mol. The van der Waals surface area contributed by atoms with Crippen molar-refractivity contribution in [2.75, 3.05) is 20.3 Å². The zero-order chi connectivity index (χ0) is 13.8. The molecule has 0 radical (unpaired) electrons. The predicted octanol–water partition coefficient (Wildman–Crippen LogP) is 3.04. The molecule has 0 aliphatic rings. The fourth-order valence-corrected chi connectivity index (χ4v) is 1.87. The lowest BCUT2D eigenvalue weighted by Crippen LogP contribution is -2.23. The van der Waals surface area contributed by atoms with E-state index in [1.807, 2.05) is 0 Å². The van der Waals surface area contributed by atoms with Crippen LogP contribution in [0.15, 0.2) is 22.7 Å². The second kappa shape index (κ2) is 6.40. The van der Waals surface area contributed by atoms with Gasteiger partial charge in [-0.05, 0) is 33.6 Å². The van der Waals surface area contributed by atoms with Gasteiger partial charge in [-0.25, -0.2) is 0 Å². The lowest BCUT2D eigenvalue weighted by atomic mass is 10.1. The van der Waals surface area contributed by atoms with E-state index in [0.29, 0.717) is 15.8 Å². The van der Waals surface area contributed by atoms with Crippen LogP contribution < -0.4 is 10.5 Å². The van der Waals surface area contributed by atoms with Gasteiger partial charge in [-0.15, -0.1) is 0 Å². The molecule has 0 aromatic heterocycles. The first-order chi connectivity index (χ1) is 8.33. The molecule has 0 saturated carbocycles. The highest BCUT2D eigenvalue weighted by atomic mass is 79.9. The molecule has 1 aromatic rings. The van der Waals surface area contributed by atoms with Crippen LogP contribution in [-0.2, 0) is 4.74 Å². The van der Waals surface area contributed by atoms with E-state index in [0.717, 1.165) is 0 Å². The van der Waals surface area contributed by atoms with Crippen LogP contribution in [0.3, 0.4) is 0 Å². The van der Waals surface area contributed by atoms with Crippen molar-refractivity contribution in [2.45, 2.75) is 12.2 Å². The van der Waals surface area contributed by atoms with E-state index in [-0.39, 0.29) is 6.61 Å². The molecule has 18 heavy (non-hydrogen) atoms. The zero-order valence-electron chi connectivity index (χ0n) is 9.63. The molecule has 0 bridgehead atoms. The minimum atomic E-state index is -4.33. The summed E-state index contributed by atoms with van der Waals surface area (Å²) in [6.45, 7) is -1.49. The van der Waals surface area contributed by atoms with Crippen molar-refractivity contribution in [3.63, 3.8) is 0 Å². The van der Waals surface area contributed by atoms with Crippen LogP contribution in [0.5, 0.6) is 5.75 Å². The van der Waals surface area contributed by atoms with Gasteiger partial charge in [-0.2, -0.15) is 13.2 Å². The predicted molar refractivity (Wildman–Crippen MR) is 64.5 cm³/mol. The summed E-state index contributed by atoms with van der Waals surface area (Å²) in [4.78, 5) is 0. The molecule has 0 aliphatic heterocycles. The average molecular weight is 328 g/mol. The highest BCUT2D eigenvalue weighted by Gasteiger charge is 2.27.